The number of hydrogen-bond acceptors (Lipinski definition) is 0. The highest BCUT2D eigenvalue weighted by Crippen LogP contribution is 2.32. The van der Waals surface area contributed by atoms with E-state index in [4.69, 9.17) is 0 Å². The van der Waals surface area contributed by atoms with Gasteiger partial charge >= 0.3 is 0 Å². The molecule has 0 rings (SSSR count). The molecule has 16 heavy (non-hydrogen) atoms. The molecule has 0 N–H and O–H groups in total. The van der Waals surface area contributed by atoms with Crippen LogP contribution < -0.4 is 0 Å². The second-order valence-corrected chi connectivity index (χ2v) is 6.78. The van der Waals surface area contributed by atoms with E-state index in [2.05, 4.69) is 34.6 Å². The van der Waals surface area contributed by atoms with Crippen molar-refractivity contribution in [2.45, 2.75) is 79.6 Å². The summed E-state index contributed by atoms with van der Waals surface area (Å²) in [6, 6.07) is 0. The van der Waals surface area contributed by atoms with Crippen LogP contribution in [0.1, 0.15) is 79.6 Å². The molecule has 0 unspecified atom stereocenters. The third-order valence-corrected chi connectivity index (χ3v) is 3.55. The highest BCUT2D eigenvalue weighted by atomic mass is 16.3. The fraction of sp³-hybridized carbons (Fsp3) is 1.00. The van der Waals surface area contributed by atoms with Gasteiger partial charge in [-0.05, 0) is 30.1 Å². The van der Waals surface area contributed by atoms with Gasteiger partial charge in [0, 0.05) is 0 Å². The van der Waals surface area contributed by atoms with Crippen molar-refractivity contribution in [2.24, 2.45) is 10.8 Å². The number of rotatable bonds is 9. The molecule has 0 aliphatic heterocycles. The van der Waals surface area contributed by atoms with Crippen LogP contribution in [-0.2, 0) is 5.11 Å². The van der Waals surface area contributed by atoms with Crippen molar-refractivity contribution >= 4 is 0 Å². The molecule has 0 fully saturated rings. The van der Waals surface area contributed by atoms with Crippen LogP contribution in [0.4, 0.5) is 0 Å². The Kier molecular flexibility index (Phi) is 7.30. The van der Waals surface area contributed by atoms with Gasteiger partial charge in [0.15, 0.2) is 0 Å². The molecule has 0 spiro atoms. The van der Waals surface area contributed by atoms with Gasteiger partial charge in [-0.2, -0.15) is 0 Å². The zero-order chi connectivity index (χ0) is 12.7. The lowest BCUT2D eigenvalue weighted by Gasteiger charge is -2.27. The standard InChI is InChI=1S/C15H31O/c1-6-7-8-10-14(2,3)11-9-12-15(4,5)13-16/h6-13H2,1-5H3. The first-order valence-corrected chi connectivity index (χ1v) is 6.91. The van der Waals surface area contributed by atoms with Crippen molar-refractivity contribution in [1.29, 1.82) is 0 Å². The van der Waals surface area contributed by atoms with E-state index in [1.807, 2.05) is 0 Å². The first-order chi connectivity index (χ1) is 7.33. The minimum Gasteiger partial charge on any atom is -0.236 e. The van der Waals surface area contributed by atoms with Crippen molar-refractivity contribution in [2.75, 3.05) is 6.61 Å². The Balaban J connectivity index is 3.73. The van der Waals surface area contributed by atoms with E-state index < -0.39 is 0 Å². The summed E-state index contributed by atoms with van der Waals surface area (Å²) >= 11 is 0. The normalized spacial score (nSPS) is 13.1. The molecular weight excluding hydrogens is 196 g/mol. The van der Waals surface area contributed by atoms with Gasteiger partial charge in [-0.15, -0.1) is 0 Å². The van der Waals surface area contributed by atoms with Crippen LogP contribution in [0, 0.1) is 10.8 Å². The van der Waals surface area contributed by atoms with Gasteiger partial charge in [-0.1, -0.05) is 60.3 Å². The zero-order valence-electron chi connectivity index (χ0n) is 12.1. The zero-order valence-corrected chi connectivity index (χ0v) is 12.1. The monoisotopic (exact) mass is 227 g/mol. The summed E-state index contributed by atoms with van der Waals surface area (Å²) in [5.74, 6) is 0. The van der Waals surface area contributed by atoms with Crippen LogP contribution in [0.2, 0.25) is 0 Å². The predicted octanol–water partition coefficient (Wildman–Crippen LogP) is 5.22. The summed E-state index contributed by atoms with van der Waals surface area (Å²) in [7, 11) is 0. The molecule has 1 heteroatoms. The minimum atomic E-state index is -0.000497. The van der Waals surface area contributed by atoms with E-state index in [9.17, 15) is 5.11 Å². The Bertz CT molecular complexity index is 170. The van der Waals surface area contributed by atoms with E-state index in [1.54, 1.807) is 0 Å². The van der Waals surface area contributed by atoms with E-state index in [0.29, 0.717) is 5.41 Å². The Morgan fingerprint density at radius 2 is 1.25 bits per heavy atom. The van der Waals surface area contributed by atoms with Crippen molar-refractivity contribution in [3.05, 3.63) is 0 Å². The van der Waals surface area contributed by atoms with E-state index in [-0.39, 0.29) is 12.0 Å². The summed E-state index contributed by atoms with van der Waals surface area (Å²) in [6.45, 7) is 11.2. The molecule has 0 aromatic rings. The highest BCUT2D eigenvalue weighted by molar-refractivity contribution is 4.72. The Hall–Kier alpha value is -0.0400. The van der Waals surface area contributed by atoms with Gasteiger partial charge in [-0.25, -0.2) is 5.11 Å². The maximum absolute atomic E-state index is 10.9. The van der Waals surface area contributed by atoms with Gasteiger partial charge in [0.05, 0.1) is 6.61 Å². The van der Waals surface area contributed by atoms with Crippen molar-refractivity contribution in [3.8, 4) is 0 Å². The van der Waals surface area contributed by atoms with E-state index in [1.165, 1.54) is 38.5 Å². The van der Waals surface area contributed by atoms with Gasteiger partial charge in [-0.3, -0.25) is 0 Å². The lowest BCUT2D eigenvalue weighted by atomic mass is 9.79. The average Bonchev–Trinajstić information content (AvgIpc) is 2.17. The molecule has 1 nitrogen and oxygen atoms in total. The van der Waals surface area contributed by atoms with Crippen molar-refractivity contribution in [1.82, 2.24) is 0 Å². The molecule has 0 aliphatic carbocycles. The van der Waals surface area contributed by atoms with Crippen LogP contribution in [0.5, 0.6) is 0 Å². The summed E-state index contributed by atoms with van der Waals surface area (Å²) in [6.07, 6.45) is 8.89. The molecule has 0 saturated heterocycles. The van der Waals surface area contributed by atoms with Crippen molar-refractivity contribution < 1.29 is 5.11 Å². The van der Waals surface area contributed by atoms with Crippen molar-refractivity contribution in [3.63, 3.8) is 0 Å². The molecule has 0 saturated carbocycles. The smallest absolute Gasteiger partial charge is 0.0873 e. The van der Waals surface area contributed by atoms with Crippen LogP contribution in [0.3, 0.4) is 0 Å². The molecule has 97 valence electrons. The fourth-order valence-electron chi connectivity index (χ4n) is 2.10. The van der Waals surface area contributed by atoms with Crippen LogP contribution in [0.25, 0.3) is 0 Å². The topological polar surface area (TPSA) is 19.9 Å². The Morgan fingerprint density at radius 3 is 1.75 bits per heavy atom. The summed E-state index contributed by atoms with van der Waals surface area (Å²) < 4.78 is 0. The summed E-state index contributed by atoms with van der Waals surface area (Å²) in [5.41, 5.74) is 0.466. The lowest BCUT2D eigenvalue weighted by Crippen LogP contribution is -2.18. The van der Waals surface area contributed by atoms with Gasteiger partial charge in [0.1, 0.15) is 0 Å². The third-order valence-electron chi connectivity index (χ3n) is 3.55. The predicted molar refractivity (Wildman–Crippen MR) is 71.1 cm³/mol. The Morgan fingerprint density at radius 1 is 0.750 bits per heavy atom. The molecule has 0 aromatic heterocycles. The maximum Gasteiger partial charge on any atom is 0.0873 e. The SMILES string of the molecule is CCCCCC(C)(C)CCCC(C)(C)C[O]. The fourth-order valence-corrected chi connectivity index (χ4v) is 2.10. The molecule has 0 bridgehead atoms. The van der Waals surface area contributed by atoms with E-state index in [0.717, 1.165) is 6.42 Å². The third kappa shape index (κ3) is 8.15. The molecule has 0 aromatic carbocycles. The largest absolute Gasteiger partial charge is 0.236 e. The average molecular weight is 227 g/mol. The maximum atomic E-state index is 10.9. The van der Waals surface area contributed by atoms with Crippen LogP contribution >= 0.6 is 0 Å². The second kappa shape index (κ2) is 7.32. The molecule has 0 atom stereocenters. The Labute approximate surface area is 103 Å². The lowest BCUT2D eigenvalue weighted by molar-refractivity contribution is 0.0821. The summed E-state index contributed by atoms with van der Waals surface area (Å²) in [5, 5.41) is 10.9. The minimum absolute atomic E-state index is 0.000497. The van der Waals surface area contributed by atoms with Crippen LogP contribution in [0.15, 0.2) is 0 Å². The molecule has 0 amide bonds. The first-order valence-electron chi connectivity index (χ1n) is 6.91. The number of hydrogen-bond donors (Lipinski definition) is 0. The quantitative estimate of drug-likeness (QED) is 0.481. The number of unbranched alkanes of at least 4 members (excludes halogenated alkanes) is 2. The summed E-state index contributed by atoms with van der Waals surface area (Å²) in [4.78, 5) is 0. The van der Waals surface area contributed by atoms with E-state index >= 15 is 0 Å². The highest BCUT2D eigenvalue weighted by Gasteiger charge is 2.21. The molecule has 1 radical (unpaired) electrons. The molecule has 0 aliphatic rings. The van der Waals surface area contributed by atoms with Gasteiger partial charge < -0.3 is 0 Å². The molecule has 0 heterocycles. The first kappa shape index (κ1) is 16.0. The molecular formula is C15H31O. The van der Waals surface area contributed by atoms with Crippen LogP contribution in [-0.4, -0.2) is 6.61 Å². The second-order valence-electron chi connectivity index (χ2n) is 6.78. The van der Waals surface area contributed by atoms with Gasteiger partial charge in [0.25, 0.3) is 0 Å². The van der Waals surface area contributed by atoms with Gasteiger partial charge in [0.2, 0.25) is 0 Å².